The highest BCUT2D eigenvalue weighted by Gasteiger charge is 2.04. The van der Waals surface area contributed by atoms with Crippen LogP contribution in [0.3, 0.4) is 0 Å². The Hall–Kier alpha value is -0.760. The molecule has 2 nitrogen and oxygen atoms in total. The van der Waals surface area contributed by atoms with Crippen molar-refractivity contribution < 1.29 is 0 Å². The molecule has 0 aliphatic carbocycles. The Morgan fingerprint density at radius 1 is 1.19 bits per heavy atom. The highest BCUT2D eigenvalue weighted by Crippen LogP contribution is 2.12. The van der Waals surface area contributed by atoms with Crippen LogP contribution in [0.1, 0.15) is 49.6 Å². The van der Waals surface area contributed by atoms with Gasteiger partial charge in [-0.15, -0.1) is 0 Å². The summed E-state index contributed by atoms with van der Waals surface area (Å²) < 4.78 is 2.26. The van der Waals surface area contributed by atoms with Crippen molar-refractivity contribution in [3.05, 3.63) is 23.0 Å². The van der Waals surface area contributed by atoms with Gasteiger partial charge in [0.1, 0.15) is 0 Å². The van der Waals surface area contributed by atoms with Gasteiger partial charge in [-0.2, -0.15) is 0 Å². The van der Waals surface area contributed by atoms with E-state index in [1.807, 2.05) is 0 Å². The van der Waals surface area contributed by atoms with E-state index in [1.54, 1.807) is 0 Å². The van der Waals surface area contributed by atoms with Gasteiger partial charge in [0.05, 0.1) is 0 Å². The molecule has 92 valence electrons. The van der Waals surface area contributed by atoms with Gasteiger partial charge in [-0.05, 0) is 38.4 Å². The molecule has 0 radical (unpaired) electrons. The van der Waals surface area contributed by atoms with E-state index in [0.29, 0.717) is 0 Å². The van der Waals surface area contributed by atoms with Crippen LogP contribution in [0.2, 0.25) is 0 Å². The minimum absolute atomic E-state index is 1.01. The number of aryl methyl sites for hydroxylation is 1. The fourth-order valence-electron chi connectivity index (χ4n) is 2.01. The second kappa shape index (κ2) is 6.74. The van der Waals surface area contributed by atoms with E-state index in [0.717, 1.165) is 13.1 Å². The van der Waals surface area contributed by atoms with Crippen LogP contribution in [0, 0.1) is 13.8 Å². The molecule has 0 saturated heterocycles. The topological polar surface area (TPSA) is 17.0 Å². The number of hydrogen-bond acceptors (Lipinski definition) is 1. The minimum atomic E-state index is 1.01. The first kappa shape index (κ1) is 13.3. The summed E-state index contributed by atoms with van der Waals surface area (Å²) in [6, 6.07) is 2.29. The first-order valence-corrected chi connectivity index (χ1v) is 6.49. The van der Waals surface area contributed by atoms with E-state index >= 15 is 0 Å². The number of hydrogen-bond donors (Lipinski definition) is 1. The van der Waals surface area contributed by atoms with Crippen molar-refractivity contribution in [1.82, 2.24) is 9.88 Å². The average Bonchev–Trinajstić information content (AvgIpc) is 2.51. The lowest BCUT2D eigenvalue weighted by Crippen LogP contribution is -2.15. The van der Waals surface area contributed by atoms with E-state index in [-0.39, 0.29) is 0 Å². The van der Waals surface area contributed by atoms with Gasteiger partial charge in [0.2, 0.25) is 0 Å². The zero-order valence-corrected chi connectivity index (χ0v) is 11.3. The molecule has 0 amide bonds. The maximum atomic E-state index is 3.53. The summed E-state index contributed by atoms with van der Waals surface area (Å²) >= 11 is 0. The molecule has 0 fully saturated rings. The summed E-state index contributed by atoms with van der Waals surface area (Å²) in [6.45, 7) is 8.77. The lowest BCUT2D eigenvalue weighted by molar-refractivity contribution is 0.596. The summed E-state index contributed by atoms with van der Waals surface area (Å²) in [4.78, 5) is 0. The lowest BCUT2D eigenvalue weighted by Gasteiger charge is -2.05. The Balaban J connectivity index is 2.24. The molecule has 0 aromatic carbocycles. The van der Waals surface area contributed by atoms with Crippen molar-refractivity contribution >= 4 is 0 Å². The quantitative estimate of drug-likeness (QED) is 0.700. The second-order valence-corrected chi connectivity index (χ2v) is 4.69. The molecule has 1 aromatic heterocycles. The molecule has 1 aromatic rings. The van der Waals surface area contributed by atoms with E-state index < -0.39 is 0 Å². The van der Waals surface area contributed by atoms with Crippen molar-refractivity contribution in [3.8, 4) is 0 Å². The monoisotopic (exact) mass is 222 g/mol. The molecule has 0 unspecified atom stereocenters. The van der Waals surface area contributed by atoms with Gasteiger partial charge in [-0.3, -0.25) is 0 Å². The van der Waals surface area contributed by atoms with Crippen LogP contribution < -0.4 is 5.32 Å². The number of rotatable bonds is 7. The van der Waals surface area contributed by atoms with Gasteiger partial charge in [0.15, 0.2) is 0 Å². The first-order valence-electron chi connectivity index (χ1n) is 6.49. The van der Waals surface area contributed by atoms with Crippen LogP contribution in [-0.4, -0.2) is 11.1 Å². The fourth-order valence-corrected chi connectivity index (χ4v) is 2.01. The van der Waals surface area contributed by atoms with Gasteiger partial charge in [-0.1, -0.05) is 26.2 Å². The van der Waals surface area contributed by atoms with Gasteiger partial charge < -0.3 is 9.88 Å². The highest BCUT2D eigenvalue weighted by atomic mass is 15.0. The first-order chi connectivity index (χ1) is 7.66. The third-order valence-corrected chi connectivity index (χ3v) is 3.40. The lowest BCUT2D eigenvalue weighted by atomic mass is 10.2. The largest absolute Gasteiger partial charge is 0.352 e. The maximum absolute atomic E-state index is 3.53. The van der Waals surface area contributed by atoms with E-state index in [4.69, 9.17) is 0 Å². The predicted molar refractivity (Wildman–Crippen MR) is 70.7 cm³/mol. The smallest absolute Gasteiger partial charge is 0.0223 e. The SMILES string of the molecule is CCCCCCNCc1cc(C)n(C)c1C. The predicted octanol–water partition coefficient (Wildman–Crippen LogP) is 3.31. The molecule has 16 heavy (non-hydrogen) atoms. The van der Waals surface area contributed by atoms with Crippen LogP contribution in [0.5, 0.6) is 0 Å². The van der Waals surface area contributed by atoms with Crippen molar-refractivity contribution in [2.75, 3.05) is 6.54 Å². The van der Waals surface area contributed by atoms with Gasteiger partial charge >= 0.3 is 0 Å². The summed E-state index contributed by atoms with van der Waals surface area (Å²) in [5, 5.41) is 3.53. The molecule has 0 aliphatic heterocycles. The van der Waals surface area contributed by atoms with Crippen molar-refractivity contribution in [2.24, 2.45) is 7.05 Å². The molecule has 0 aliphatic rings. The Morgan fingerprint density at radius 2 is 1.94 bits per heavy atom. The van der Waals surface area contributed by atoms with Gasteiger partial charge in [0.25, 0.3) is 0 Å². The summed E-state index contributed by atoms with van der Waals surface area (Å²) in [5.41, 5.74) is 4.18. The maximum Gasteiger partial charge on any atom is 0.0223 e. The van der Waals surface area contributed by atoms with Crippen LogP contribution in [0.25, 0.3) is 0 Å². The van der Waals surface area contributed by atoms with E-state index in [1.165, 1.54) is 42.6 Å². The third-order valence-electron chi connectivity index (χ3n) is 3.40. The Labute approximate surface area is 100 Å². The zero-order chi connectivity index (χ0) is 12.0. The normalized spacial score (nSPS) is 11.0. The summed E-state index contributed by atoms with van der Waals surface area (Å²) in [5.74, 6) is 0. The van der Waals surface area contributed by atoms with Crippen molar-refractivity contribution in [2.45, 2.75) is 53.0 Å². The molecule has 0 spiro atoms. The Morgan fingerprint density at radius 3 is 2.50 bits per heavy atom. The number of aromatic nitrogens is 1. The Bertz CT molecular complexity index is 313. The second-order valence-electron chi connectivity index (χ2n) is 4.69. The zero-order valence-electron chi connectivity index (χ0n) is 11.3. The Kier molecular flexibility index (Phi) is 5.61. The van der Waals surface area contributed by atoms with Crippen LogP contribution in [0.15, 0.2) is 6.07 Å². The van der Waals surface area contributed by atoms with Crippen LogP contribution in [-0.2, 0) is 13.6 Å². The molecular formula is C14H26N2. The van der Waals surface area contributed by atoms with Gasteiger partial charge in [-0.25, -0.2) is 0 Å². The number of nitrogens with zero attached hydrogens (tertiary/aromatic N) is 1. The highest BCUT2D eigenvalue weighted by molar-refractivity contribution is 5.26. The number of nitrogens with one attached hydrogen (secondary N) is 1. The number of unbranched alkanes of at least 4 members (excludes halogenated alkanes) is 3. The minimum Gasteiger partial charge on any atom is -0.352 e. The molecular weight excluding hydrogens is 196 g/mol. The van der Waals surface area contributed by atoms with Crippen LogP contribution in [0.4, 0.5) is 0 Å². The van der Waals surface area contributed by atoms with Crippen LogP contribution >= 0.6 is 0 Å². The molecule has 0 bridgehead atoms. The third kappa shape index (κ3) is 3.67. The van der Waals surface area contributed by atoms with Crippen molar-refractivity contribution in [1.29, 1.82) is 0 Å². The molecule has 1 rings (SSSR count). The molecule has 1 heterocycles. The average molecular weight is 222 g/mol. The molecule has 0 saturated carbocycles. The standard InChI is InChI=1S/C14H26N2/c1-5-6-7-8-9-15-11-14-10-12(2)16(4)13(14)3/h10,15H,5-9,11H2,1-4H3. The fraction of sp³-hybridized carbons (Fsp3) is 0.714. The molecule has 0 atom stereocenters. The van der Waals surface area contributed by atoms with E-state index in [9.17, 15) is 0 Å². The van der Waals surface area contributed by atoms with Gasteiger partial charge in [0, 0.05) is 25.0 Å². The van der Waals surface area contributed by atoms with Crippen molar-refractivity contribution in [3.63, 3.8) is 0 Å². The molecule has 1 N–H and O–H groups in total. The molecule has 2 heteroatoms. The van der Waals surface area contributed by atoms with E-state index in [2.05, 4.69) is 43.8 Å². The summed E-state index contributed by atoms with van der Waals surface area (Å²) in [6.07, 6.45) is 5.34. The summed E-state index contributed by atoms with van der Waals surface area (Å²) in [7, 11) is 2.13.